The summed E-state index contributed by atoms with van der Waals surface area (Å²) < 4.78 is 1.86. The molecule has 0 saturated carbocycles. The number of aromatic nitrogens is 5. The average Bonchev–Trinajstić information content (AvgIpc) is 3.08. The monoisotopic (exact) mass is 261 g/mol. The lowest BCUT2D eigenvalue weighted by Gasteiger charge is -2.16. The van der Waals surface area contributed by atoms with E-state index in [0.29, 0.717) is 5.95 Å². The fourth-order valence-electron chi connectivity index (χ4n) is 2.47. The summed E-state index contributed by atoms with van der Waals surface area (Å²) in [6.45, 7) is 5.02. The Bertz CT molecular complexity index is 571. The minimum atomic E-state index is 0.633. The first-order valence-corrected chi connectivity index (χ1v) is 6.87. The van der Waals surface area contributed by atoms with Crippen LogP contribution in [0.25, 0.3) is 11.2 Å². The second kappa shape index (κ2) is 4.99. The minimum Gasteiger partial charge on any atom is -0.357 e. The average molecular weight is 261 g/mol. The molecule has 3 heterocycles. The normalized spacial score (nSPS) is 15.4. The van der Waals surface area contributed by atoms with E-state index in [1.165, 1.54) is 12.8 Å². The third kappa shape index (κ3) is 2.09. The lowest BCUT2D eigenvalue weighted by atomic mass is 10.4. The zero-order valence-corrected chi connectivity index (χ0v) is 11.4. The molecule has 1 N–H and O–H groups in total. The number of hydrogen-bond donors (Lipinski definition) is 1. The lowest BCUT2D eigenvalue weighted by Crippen LogP contribution is -2.20. The molecule has 0 aromatic carbocycles. The molecule has 19 heavy (non-hydrogen) atoms. The highest BCUT2D eigenvalue weighted by atomic mass is 15.5. The van der Waals surface area contributed by atoms with Gasteiger partial charge >= 0.3 is 0 Å². The van der Waals surface area contributed by atoms with E-state index >= 15 is 0 Å². The second-order valence-electron chi connectivity index (χ2n) is 4.80. The quantitative estimate of drug-likeness (QED) is 0.893. The van der Waals surface area contributed by atoms with E-state index in [9.17, 15) is 0 Å². The molecule has 0 bridgehead atoms. The summed E-state index contributed by atoms with van der Waals surface area (Å²) in [6.07, 6.45) is 3.43. The summed E-state index contributed by atoms with van der Waals surface area (Å²) >= 11 is 0. The van der Waals surface area contributed by atoms with Crippen molar-refractivity contribution in [2.24, 2.45) is 0 Å². The number of nitrogens with zero attached hydrogens (tertiary/aromatic N) is 6. The lowest BCUT2D eigenvalue weighted by molar-refractivity contribution is 0.591. The summed E-state index contributed by atoms with van der Waals surface area (Å²) in [7, 11) is 1.84. The topological polar surface area (TPSA) is 71.8 Å². The van der Waals surface area contributed by atoms with Crippen molar-refractivity contribution in [2.45, 2.75) is 32.7 Å². The van der Waals surface area contributed by atoms with Crippen LogP contribution in [-0.2, 0) is 6.54 Å². The molecular weight excluding hydrogens is 242 g/mol. The fraction of sp³-hybridized carbons (Fsp3) is 0.667. The first-order chi connectivity index (χ1) is 9.33. The molecule has 3 rings (SSSR count). The van der Waals surface area contributed by atoms with E-state index in [1.807, 2.05) is 11.7 Å². The van der Waals surface area contributed by atoms with Crippen molar-refractivity contribution in [3.63, 3.8) is 0 Å². The van der Waals surface area contributed by atoms with E-state index in [0.717, 1.165) is 43.0 Å². The highest BCUT2D eigenvalue weighted by Crippen LogP contribution is 2.26. The van der Waals surface area contributed by atoms with Crippen LogP contribution in [-0.4, -0.2) is 45.1 Å². The summed E-state index contributed by atoms with van der Waals surface area (Å²) in [4.78, 5) is 11.3. The van der Waals surface area contributed by atoms with Gasteiger partial charge in [0.25, 0.3) is 0 Å². The molecule has 0 radical (unpaired) electrons. The zero-order valence-electron chi connectivity index (χ0n) is 11.4. The molecule has 2 aromatic rings. The van der Waals surface area contributed by atoms with Crippen molar-refractivity contribution in [2.75, 3.05) is 30.4 Å². The van der Waals surface area contributed by atoms with Crippen LogP contribution in [0.5, 0.6) is 0 Å². The van der Waals surface area contributed by atoms with Gasteiger partial charge in [0.05, 0.1) is 0 Å². The molecule has 1 saturated heterocycles. The van der Waals surface area contributed by atoms with Gasteiger partial charge in [-0.15, -0.1) is 5.10 Å². The van der Waals surface area contributed by atoms with E-state index < -0.39 is 0 Å². The maximum Gasteiger partial charge on any atom is 0.226 e. The molecule has 102 valence electrons. The molecule has 0 atom stereocenters. The van der Waals surface area contributed by atoms with Crippen LogP contribution < -0.4 is 10.2 Å². The Hall–Kier alpha value is -1.92. The van der Waals surface area contributed by atoms with Crippen LogP contribution in [0.2, 0.25) is 0 Å². The standard InChI is InChI=1S/C12H19N7/c1-3-6-19-11-9(16-17-19)10(14-12(13-2)15-11)18-7-4-5-8-18/h3-8H2,1-2H3,(H,13,14,15). The first kappa shape index (κ1) is 12.1. The largest absolute Gasteiger partial charge is 0.357 e. The summed E-state index contributed by atoms with van der Waals surface area (Å²) in [5.74, 6) is 1.54. The summed E-state index contributed by atoms with van der Waals surface area (Å²) in [6, 6.07) is 0. The number of aryl methyl sites for hydroxylation is 1. The van der Waals surface area contributed by atoms with Crippen molar-refractivity contribution < 1.29 is 0 Å². The van der Waals surface area contributed by atoms with Gasteiger partial charge in [-0.1, -0.05) is 12.1 Å². The van der Waals surface area contributed by atoms with E-state index in [1.54, 1.807) is 0 Å². The van der Waals surface area contributed by atoms with Crippen LogP contribution in [0.15, 0.2) is 0 Å². The third-order valence-electron chi connectivity index (χ3n) is 3.41. The Labute approximate surface area is 112 Å². The van der Waals surface area contributed by atoms with Gasteiger partial charge in [-0.05, 0) is 19.3 Å². The molecule has 1 aliphatic heterocycles. The number of hydrogen-bond acceptors (Lipinski definition) is 6. The maximum absolute atomic E-state index is 4.56. The van der Waals surface area contributed by atoms with Gasteiger partial charge in [0.15, 0.2) is 17.0 Å². The SMILES string of the molecule is CCCn1nnc2c(N3CCCC3)nc(NC)nc21. The van der Waals surface area contributed by atoms with Crippen molar-refractivity contribution in [3.8, 4) is 0 Å². The van der Waals surface area contributed by atoms with E-state index in [4.69, 9.17) is 0 Å². The number of fused-ring (bicyclic) bond motifs is 1. The number of rotatable bonds is 4. The molecule has 1 aliphatic rings. The van der Waals surface area contributed by atoms with Gasteiger partial charge in [-0.25, -0.2) is 4.68 Å². The molecular formula is C12H19N7. The van der Waals surface area contributed by atoms with Crippen LogP contribution in [0.1, 0.15) is 26.2 Å². The Morgan fingerprint density at radius 1 is 1.21 bits per heavy atom. The van der Waals surface area contributed by atoms with Gasteiger partial charge in [0, 0.05) is 26.7 Å². The Morgan fingerprint density at radius 3 is 2.68 bits per heavy atom. The summed E-state index contributed by atoms with van der Waals surface area (Å²) in [5.41, 5.74) is 1.64. The molecule has 7 nitrogen and oxygen atoms in total. The Kier molecular flexibility index (Phi) is 3.18. The van der Waals surface area contributed by atoms with Crippen molar-refractivity contribution in [1.29, 1.82) is 0 Å². The maximum atomic E-state index is 4.56. The number of anilines is 2. The molecule has 1 fully saturated rings. The molecule has 0 amide bonds. The van der Waals surface area contributed by atoms with Gasteiger partial charge in [-0.3, -0.25) is 0 Å². The Morgan fingerprint density at radius 2 is 2.00 bits per heavy atom. The van der Waals surface area contributed by atoms with Crippen LogP contribution in [0, 0.1) is 0 Å². The van der Waals surface area contributed by atoms with Crippen molar-refractivity contribution >= 4 is 22.9 Å². The second-order valence-corrected chi connectivity index (χ2v) is 4.80. The predicted molar refractivity (Wildman–Crippen MR) is 74.4 cm³/mol. The molecule has 0 aliphatic carbocycles. The van der Waals surface area contributed by atoms with Gasteiger partial charge < -0.3 is 10.2 Å². The first-order valence-electron chi connectivity index (χ1n) is 6.87. The molecule has 2 aromatic heterocycles. The highest BCUT2D eigenvalue weighted by Gasteiger charge is 2.21. The predicted octanol–water partition coefficient (Wildman–Crippen LogP) is 1.27. The highest BCUT2D eigenvalue weighted by molar-refractivity contribution is 5.84. The Balaban J connectivity index is 2.13. The fourth-order valence-corrected chi connectivity index (χ4v) is 2.47. The zero-order chi connectivity index (χ0) is 13.2. The summed E-state index contributed by atoms with van der Waals surface area (Å²) in [5, 5.41) is 11.5. The van der Waals surface area contributed by atoms with Crippen LogP contribution in [0.4, 0.5) is 11.8 Å². The van der Waals surface area contributed by atoms with Gasteiger partial charge in [0.2, 0.25) is 5.95 Å². The van der Waals surface area contributed by atoms with Crippen molar-refractivity contribution in [3.05, 3.63) is 0 Å². The van der Waals surface area contributed by atoms with E-state index in [2.05, 4.69) is 37.4 Å². The molecule has 7 heteroatoms. The smallest absolute Gasteiger partial charge is 0.226 e. The minimum absolute atomic E-state index is 0.633. The number of nitrogens with one attached hydrogen (secondary N) is 1. The van der Waals surface area contributed by atoms with E-state index in [-0.39, 0.29) is 0 Å². The van der Waals surface area contributed by atoms with Crippen molar-refractivity contribution in [1.82, 2.24) is 25.0 Å². The molecule has 0 spiro atoms. The van der Waals surface area contributed by atoms with Gasteiger partial charge in [-0.2, -0.15) is 9.97 Å². The molecule has 0 unspecified atom stereocenters. The van der Waals surface area contributed by atoms with Crippen LogP contribution in [0.3, 0.4) is 0 Å². The van der Waals surface area contributed by atoms with Gasteiger partial charge in [0.1, 0.15) is 0 Å². The van der Waals surface area contributed by atoms with Crippen LogP contribution >= 0.6 is 0 Å². The third-order valence-corrected chi connectivity index (χ3v) is 3.41.